The maximum absolute atomic E-state index is 9.73. The van der Waals surface area contributed by atoms with Crippen LogP contribution < -0.4 is 18.9 Å². The second-order valence-electron chi connectivity index (χ2n) is 7.16. The molecule has 5 heteroatoms. The summed E-state index contributed by atoms with van der Waals surface area (Å²) in [4.78, 5) is 0. The lowest BCUT2D eigenvalue weighted by atomic mass is 9.87. The summed E-state index contributed by atoms with van der Waals surface area (Å²) in [7, 11) is 3.27. The van der Waals surface area contributed by atoms with Crippen LogP contribution in [0.5, 0.6) is 28.7 Å². The third-order valence-electron chi connectivity index (χ3n) is 5.37. The average Bonchev–Trinajstić information content (AvgIpc) is 3.11. The first kappa shape index (κ1) is 17.6. The molecule has 2 heterocycles. The van der Waals surface area contributed by atoms with Crippen molar-refractivity contribution < 1.29 is 24.1 Å². The highest BCUT2D eigenvalue weighted by Crippen LogP contribution is 2.49. The smallest absolute Gasteiger partial charge is 0.133 e. The number of ether oxygens (including phenoxy) is 4. The van der Waals surface area contributed by atoms with Crippen molar-refractivity contribution in [1.82, 2.24) is 0 Å². The van der Waals surface area contributed by atoms with Crippen molar-refractivity contribution in [2.24, 2.45) is 0 Å². The Kier molecular flexibility index (Phi) is 4.38. The van der Waals surface area contributed by atoms with Crippen molar-refractivity contribution in [1.29, 1.82) is 0 Å². The molecule has 2 aromatic rings. The number of aromatic hydroxyl groups is 1. The summed E-state index contributed by atoms with van der Waals surface area (Å²) in [6.45, 7) is 6.53. The van der Waals surface area contributed by atoms with Gasteiger partial charge in [-0.1, -0.05) is 12.6 Å². The van der Waals surface area contributed by atoms with Crippen LogP contribution in [0, 0.1) is 0 Å². The minimum atomic E-state index is -0.0188. The zero-order chi connectivity index (χ0) is 19.1. The molecule has 1 N–H and O–H groups in total. The molecule has 0 radical (unpaired) electrons. The molecule has 1 unspecified atom stereocenters. The highest BCUT2D eigenvalue weighted by Gasteiger charge is 2.34. The van der Waals surface area contributed by atoms with Crippen LogP contribution in [0.1, 0.15) is 29.5 Å². The van der Waals surface area contributed by atoms with Crippen molar-refractivity contribution >= 4 is 0 Å². The van der Waals surface area contributed by atoms with E-state index in [0.717, 1.165) is 52.4 Å². The first-order valence-electron chi connectivity index (χ1n) is 9.06. The van der Waals surface area contributed by atoms with E-state index in [2.05, 4.69) is 6.58 Å². The van der Waals surface area contributed by atoms with Gasteiger partial charge in [-0.2, -0.15) is 0 Å². The Morgan fingerprint density at radius 3 is 2.59 bits per heavy atom. The van der Waals surface area contributed by atoms with Gasteiger partial charge in [0.05, 0.1) is 20.8 Å². The fourth-order valence-electron chi connectivity index (χ4n) is 3.93. The summed E-state index contributed by atoms with van der Waals surface area (Å²) in [6.07, 6.45) is 1.52. The number of fused-ring (bicyclic) bond motifs is 3. The molecule has 5 nitrogen and oxygen atoms in total. The van der Waals surface area contributed by atoms with E-state index in [-0.39, 0.29) is 17.8 Å². The van der Waals surface area contributed by atoms with E-state index in [9.17, 15) is 5.11 Å². The van der Waals surface area contributed by atoms with E-state index in [1.54, 1.807) is 26.4 Å². The summed E-state index contributed by atoms with van der Waals surface area (Å²) in [6, 6.07) is 7.17. The standard InChI is InChI=1S/C22H24O5/c1-12(2)18-9-17-21(27-18)10-20(25-4)16-7-13(11-26-22(16)17)15-6-5-14(23)8-19(15)24-3/h5-6,8,10,13,18,23H,1,7,9,11H2,2-4H3/t13-,18?/m1/s1. The predicted molar refractivity (Wildman–Crippen MR) is 103 cm³/mol. The van der Waals surface area contributed by atoms with Gasteiger partial charge >= 0.3 is 0 Å². The molecule has 2 aliphatic heterocycles. The normalized spacial score (nSPS) is 20.1. The van der Waals surface area contributed by atoms with Gasteiger partial charge in [0.15, 0.2) is 0 Å². The van der Waals surface area contributed by atoms with Gasteiger partial charge in [-0.15, -0.1) is 0 Å². The molecule has 2 aromatic carbocycles. The summed E-state index contributed by atoms with van der Waals surface area (Å²) < 4.78 is 23.4. The molecular formula is C22H24O5. The van der Waals surface area contributed by atoms with E-state index in [1.807, 2.05) is 19.1 Å². The van der Waals surface area contributed by atoms with Crippen LogP contribution in [0.25, 0.3) is 0 Å². The van der Waals surface area contributed by atoms with Gasteiger partial charge in [-0.05, 0) is 25.0 Å². The lowest BCUT2D eigenvalue weighted by Crippen LogP contribution is -2.21. The number of hydrogen-bond acceptors (Lipinski definition) is 5. The Morgan fingerprint density at radius 2 is 1.89 bits per heavy atom. The second kappa shape index (κ2) is 6.72. The molecule has 0 bridgehead atoms. The molecule has 0 aromatic heterocycles. The molecule has 2 atom stereocenters. The molecule has 142 valence electrons. The van der Waals surface area contributed by atoms with Gasteiger partial charge in [0.2, 0.25) is 0 Å². The number of phenols is 1. The molecule has 0 fully saturated rings. The van der Waals surface area contributed by atoms with Crippen molar-refractivity contribution in [2.45, 2.75) is 31.8 Å². The molecule has 0 saturated heterocycles. The molecule has 0 saturated carbocycles. The fourth-order valence-corrected chi connectivity index (χ4v) is 3.93. The number of benzene rings is 2. The van der Waals surface area contributed by atoms with Crippen LogP contribution in [0.15, 0.2) is 36.4 Å². The Morgan fingerprint density at radius 1 is 1.11 bits per heavy atom. The van der Waals surface area contributed by atoms with E-state index in [4.69, 9.17) is 18.9 Å². The largest absolute Gasteiger partial charge is 0.508 e. The van der Waals surface area contributed by atoms with Crippen molar-refractivity contribution in [3.8, 4) is 28.7 Å². The van der Waals surface area contributed by atoms with Crippen LogP contribution in [0.4, 0.5) is 0 Å². The first-order chi connectivity index (χ1) is 13.0. The Hall–Kier alpha value is -2.82. The lowest BCUT2D eigenvalue weighted by molar-refractivity contribution is 0.251. The zero-order valence-electron chi connectivity index (χ0n) is 15.9. The average molecular weight is 368 g/mol. The van der Waals surface area contributed by atoms with Gasteiger partial charge in [0.1, 0.15) is 34.9 Å². The molecule has 0 spiro atoms. The van der Waals surface area contributed by atoms with Crippen LogP contribution >= 0.6 is 0 Å². The first-order valence-corrected chi connectivity index (χ1v) is 9.06. The summed E-state index contributed by atoms with van der Waals surface area (Å²) >= 11 is 0. The van der Waals surface area contributed by atoms with Gasteiger partial charge in [-0.3, -0.25) is 0 Å². The summed E-state index contributed by atoms with van der Waals surface area (Å²) in [5, 5.41) is 9.73. The molecular weight excluding hydrogens is 344 g/mol. The van der Waals surface area contributed by atoms with Crippen LogP contribution in [0.3, 0.4) is 0 Å². The maximum atomic E-state index is 9.73. The highest BCUT2D eigenvalue weighted by atomic mass is 16.5. The molecule has 0 amide bonds. The van der Waals surface area contributed by atoms with Gasteiger partial charge in [-0.25, -0.2) is 0 Å². The number of rotatable bonds is 4. The molecule has 27 heavy (non-hydrogen) atoms. The predicted octanol–water partition coefficient (Wildman–Crippen LogP) is 4.01. The number of hydrogen-bond donors (Lipinski definition) is 1. The third-order valence-corrected chi connectivity index (χ3v) is 5.37. The number of methoxy groups -OCH3 is 2. The SMILES string of the molecule is C=C(C)C1Cc2c(cc(OC)c3c2OC[C@H](c2ccc(O)cc2OC)C3)O1. The Labute approximate surface area is 159 Å². The Bertz CT molecular complexity index is 902. The molecule has 2 aliphatic rings. The molecule has 0 aliphatic carbocycles. The van der Waals surface area contributed by atoms with Crippen molar-refractivity contribution in [3.63, 3.8) is 0 Å². The topological polar surface area (TPSA) is 57.2 Å². The van der Waals surface area contributed by atoms with Crippen LogP contribution in [-0.2, 0) is 12.8 Å². The summed E-state index contributed by atoms with van der Waals surface area (Å²) in [5.74, 6) is 3.43. The highest BCUT2D eigenvalue weighted by molar-refractivity contribution is 5.61. The van der Waals surface area contributed by atoms with E-state index >= 15 is 0 Å². The monoisotopic (exact) mass is 368 g/mol. The van der Waals surface area contributed by atoms with Crippen molar-refractivity contribution in [3.05, 3.63) is 53.1 Å². The van der Waals surface area contributed by atoms with E-state index < -0.39 is 0 Å². The minimum absolute atomic E-state index is 0.0188. The van der Waals surface area contributed by atoms with E-state index in [0.29, 0.717) is 12.4 Å². The fraction of sp³-hybridized carbons (Fsp3) is 0.364. The maximum Gasteiger partial charge on any atom is 0.133 e. The van der Waals surface area contributed by atoms with Crippen molar-refractivity contribution in [2.75, 3.05) is 20.8 Å². The number of phenolic OH excluding ortho intramolecular Hbond substituents is 1. The van der Waals surface area contributed by atoms with Crippen LogP contribution in [-0.4, -0.2) is 32.0 Å². The van der Waals surface area contributed by atoms with Crippen LogP contribution in [0.2, 0.25) is 0 Å². The second-order valence-corrected chi connectivity index (χ2v) is 7.16. The quantitative estimate of drug-likeness (QED) is 0.827. The summed E-state index contributed by atoms with van der Waals surface area (Å²) in [5.41, 5.74) is 4.16. The van der Waals surface area contributed by atoms with Gasteiger partial charge in [0, 0.05) is 41.2 Å². The van der Waals surface area contributed by atoms with Gasteiger partial charge < -0.3 is 24.1 Å². The molecule has 4 rings (SSSR count). The van der Waals surface area contributed by atoms with Gasteiger partial charge in [0.25, 0.3) is 0 Å². The van der Waals surface area contributed by atoms with E-state index in [1.165, 1.54) is 0 Å². The zero-order valence-corrected chi connectivity index (χ0v) is 15.9. The third kappa shape index (κ3) is 2.97. The lowest BCUT2D eigenvalue weighted by Gasteiger charge is -2.29. The Balaban J connectivity index is 1.72. The minimum Gasteiger partial charge on any atom is -0.508 e.